The zero-order valence-corrected chi connectivity index (χ0v) is 17.7. The molecule has 148 valence electrons. The lowest BCUT2D eigenvalue weighted by molar-refractivity contribution is -0.143. The minimum absolute atomic E-state index is 0. The Hall–Kier alpha value is -1.46. The van der Waals surface area contributed by atoms with Gasteiger partial charge in [-0.1, -0.05) is 55.2 Å². The summed E-state index contributed by atoms with van der Waals surface area (Å²) in [6.07, 6.45) is 0.139. The van der Waals surface area contributed by atoms with E-state index in [1.165, 1.54) is 0 Å². The summed E-state index contributed by atoms with van der Waals surface area (Å²) in [5.41, 5.74) is 0.742. The van der Waals surface area contributed by atoms with Gasteiger partial charge in [-0.15, -0.1) is 12.4 Å². The van der Waals surface area contributed by atoms with E-state index in [2.05, 4.69) is 18.7 Å². The molecule has 2 aromatic rings. The molecule has 0 fully saturated rings. The molecular weight excluding hydrogens is 409 g/mol. The Balaban J connectivity index is 0.00000364. The van der Waals surface area contributed by atoms with Gasteiger partial charge < -0.3 is 14.4 Å². The zero-order chi connectivity index (χ0) is 18.9. The smallest absolute Gasteiger partial charge is 0.310 e. The van der Waals surface area contributed by atoms with Gasteiger partial charge in [-0.2, -0.15) is 0 Å². The summed E-state index contributed by atoms with van der Waals surface area (Å²) in [6.45, 7) is 7.16. The van der Waals surface area contributed by atoms with Crippen molar-refractivity contribution < 1.29 is 14.3 Å². The van der Waals surface area contributed by atoms with Crippen LogP contribution in [0.1, 0.15) is 19.4 Å². The Kier molecular flexibility index (Phi) is 10.6. The molecule has 7 heteroatoms. The minimum Gasteiger partial charge on any atom is -0.464 e. The molecule has 0 heterocycles. The molecule has 0 saturated carbocycles. The Morgan fingerprint density at radius 2 is 1.74 bits per heavy atom. The average Bonchev–Trinajstić information content (AvgIpc) is 2.62. The van der Waals surface area contributed by atoms with Crippen molar-refractivity contribution in [1.82, 2.24) is 4.90 Å². The number of carbonyl (C=O) groups is 1. The normalized spacial score (nSPS) is 10.4. The van der Waals surface area contributed by atoms with Gasteiger partial charge in [-0.3, -0.25) is 4.79 Å². The number of likely N-dealkylation sites (N-methyl/N-ethyl adjacent to an activating group) is 1. The SMILES string of the molecule is CCN(CC)CCOC(=O)Cc1ccccc1Oc1ccc(Cl)cc1Cl.Cl. The first-order valence-electron chi connectivity index (χ1n) is 8.62. The molecule has 0 spiro atoms. The topological polar surface area (TPSA) is 38.8 Å². The van der Waals surface area contributed by atoms with Crippen molar-refractivity contribution in [2.24, 2.45) is 0 Å². The van der Waals surface area contributed by atoms with Crippen LogP contribution in [0.15, 0.2) is 42.5 Å². The number of halogens is 3. The van der Waals surface area contributed by atoms with Gasteiger partial charge in [0, 0.05) is 17.1 Å². The van der Waals surface area contributed by atoms with Gasteiger partial charge in [-0.25, -0.2) is 0 Å². The third kappa shape index (κ3) is 7.59. The first-order valence-corrected chi connectivity index (χ1v) is 9.37. The van der Waals surface area contributed by atoms with Crippen molar-refractivity contribution in [3.8, 4) is 11.5 Å². The standard InChI is InChI=1S/C20H23Cl2NO3.ClH/c1-3-23(4-2)11-12-25-20(24)13-15-7-5-6-8-18(15)26-19-10-9-16(21)14-17(19)22;/h5-10,14H,3-4,11-13H2,1-2H3;1H. The molecule has 0 radical (unpaired) electrons. The highest BCUT2D eigenvalue weighted by Crippen LogP contribution is 2.33. The van der Waals surface area contributed by atoms with E-state index in [4.69, 9.17) is 32.7 Å². The van der Waals surface area contributed by atoms with Crippen LogP contribution in [-0.2, 0) is 16.0 Å². The first kappa shape index (κ1) is 23.6. The molecule has 0 atom stereocenters. The van der Waals surface area contributed by atoms with E-state index < -0.39 is 0 Å². The highest BCUT2D eigenvalue weighted by atomic mass is 35.5. The molecule has 0 aliphatic heterocycles. The van der Waals surface area contributed by atoms with Crippen LogP contribution in [-0.4, -0.2) is 37.1 Å². The fourth-order valence-corrected chi connectivity index (χ4v) is 2.91. The number of carbonyl (C=O) groups excluding carboxylic acids is 1. The van der Waals surface area contributed by atoms with Crippen LogP contribution in [0.4, 0.5) is 0 Å². The van der Waals surface area contributed by atoms with E-state index in [1.807, 2.05) is 18.2 Å². The number of benzene rings is 2. The Morgan fingerprint density at radius 3 is 2.41 bits per heavy atom. The van der Waals surface area contributed by atoms with Crippen LogP contribution in [0.2, 0.25) is 10.0 Å². The largest absolute Gasteiger partial charge is 0.464 e. The summed E-state index contributed by atoms with van der Waals surface area (Å²) >= 11 is 12.1. The maximum atomic E-state index is 12.1. The number of esters is 1. The maximum Gasteiger partial charge on any atom is 0.310 e. The fraction of sp³-hybridized carbons (Fsp3) is 0.350. The van der Waals surface area contributed by atoms with Crippen LogP contribution in [0.25, 0.3) is 0 Å². The Morgan fingerprint density at radius 1 is 1.04 bits per heavy atom. The van der Waals surface area contributed by atoms with Crippen molar-refractivity contribution in [3.05, 3.63) is 58.1 Å². The predicted octanol–water partition coefficient (Wildman–Crippen LogP) is 5.64. The summed E-state index contributed by atoms with van der Waals surface area (Å²) in [5, 5.41) is 0.946. The third-order valence-electron chi connectivity index (χ3n) is 3.99. The van der Waals surface area contributed by atoms with Crippen molar-refractivity contribution in [1.29, 1.82) is 0 Å². The minimum atomic E-state index is -0.282. The fourth-order valence-electron chi connectivity index (χ4n) is 2.46. The molecule has 0 aliphatic rings. The molecule has 27 heavy (non-hydrogen) atoms. The number of ether oxygens (including phenoxy) is 2. The number of hydrogen-bond donors (Lipinski definition) is 0. The van der Waals surface area contributed by atoms with E-state index in [0.717, 1.165) is 25.2 Å². The zero-order valence-electron chi connectivity index (χ0n) is 15.4. The first-order chi connectivity index (χ1) is 12.5. The second kappa shape index (κ2) is 12.1. The summed E-state index contributed by atoms with van der Waals surface area (Å²) in [7, 11) is 0. The van der Waals surface area contributed by atoms with E-state index >= 15 is 0 Å². The molecule has 0 N–H and O–H groups in total. The molecule has 2 aromatic carbocycles. The number of para-hydroxylation sites is 1. The second-order valence-electron chi connectivity index (χ2n) is 5.71. The summed E-state index contributed by atoms with van der Waals surface area (Å²) < 4.78 is 11.2. The highest BCUT2D eigenvalue weighted by Gasteiger charge is 2.12. The summed E-state index contributed by atoms with van der Waals surface area (Å²) in [4.78, 5) is 14.3. The maximum absolute atomic E-state index is 12.1. The number of nitrogens with zero attached hydrogens (tertiary/aromatic N) is 1. The van der Waals surface area contributed by atoms with Gasteiger partial charge in [0.25, 0.3) is 0 Å². The average molecular weight is 433 g/mol. The van der Waals surface area contributed by atoms with Crippen LogP contribution >= 0.6 is 35.6 Å². The molecular formula is C20H24Cl3NO3. The van der Waals surface area contributed by atoms with Gasteiger partial charge in [0.2, 0.25) is 0 Å². The molecule has 4 nitrogen and oxygen atoms in total. The van der Waals surface area contributed by atoms with Crippen molar-refractivity contribution in [2.45, 2.75) is 20.3 Å². The Bertz CT molecular complexity index is 736. The molecule has 0 aromatic heterocycles. The van der Waals surface area contributed by atoms with Gasteiger partial charge >= 0.3 is 5.97 Å². The monoisotopic (exact) mass is 431 g/mol. The van der Waals surface area contributed by atoms with Gasteiger partial charge in [0.1, 0.15) is 18.1 Å². The molecule has 2 rings (SSSR count). The molecule has 0 aliphatic carbocycles. The number of hydrogen-bond acceptors (Lipinski definition) is 4. The van der Waals surface area contributed by atoms with Crippen LogP contribution in [0.3, 0.4) is 0 Å². The molecule has 0 unspecified atom stereocenters. The van der Waals surface area contributed by atoms with Crippen LogP contribution in [0.5, 0.6) is 11.5 Å². The van der Waals surface area contributed by atoms with Gasteiger partial charge in [0.05, 0.1) is 11.4 Å². The van der Waals surface area contributed by atoms with E-state index in [-0.39, 0.29) is 24.8 Å². The predicted molar refractivity (Wildman–Crippen MR) is 113 cm³/mol. The van der Waals surface area contributed by atoms with Crippen molar-refractivity contribution in [2.75, 3.05) is 26.2 Å². The van der Waals surface area contributed by atoms with Crippen molar-refractivity contribution >= 4 is 41.6 Å². The van der Waals surface area contributed by atoms with Gasteiger partial charge in [0.15, 0.2) is 0 Å². The van der Waals surface area contributed by atoms with E-state index in [1.54, 1.807) is 24.3 Å². The Labute approximate surface area is 176 Å². The lowest BCUT2D eigenvalue weighted by Gasteiger charge is -2.17. The third-order valence-corrected chi connectivity index (χ3v) is 4.52. The lowest BCUT2D eigenvalue weighted by atomic mass is 10.1. The molecule has 0 saturated heterocycles. The van der Waals surface area contributed by atoms with E-state index in [0.29, 0.717) is 28.2 Å². The second-order valence-corrected chi connectivity index (χ2v) is 6.55. The summed E-state index contributed by atoms with van der Waals surface area (Å²) in [6, 6.07) is 12.3. The van der Waals surface area contributed by atoms with Crippen LogP contribution in [0, 0.1) is 0 Å². The quantitative estimate of drug-likeness (QED) is 0.481. The summed E-state index contributed by atoms with van der Waals surface area (Å²) in [5.74, 6) is 0.770. The molecule has 0 amide bonds. The van der Waals surface area contributed by atoms with Gasteiger partial charge in [-0.05, 0) is 37.4 Å². The number of rotatable bonds is 9. The molecule has 0 bridgehead atoms. The van der Waals surface area contributed by atoms with Crippen molar-refractivity contribution in [3.63, 3.8) is 0 Å². The highest BCUT2D eigenvalue weighted by molar-refractivity contribution is 6.35. The van der Waals surface area contributed by atoms with E-state index in [9.17, 15) is 4.79 Å². The van der Waals surface area contributed by atoms with Crippen LogP contribution < -0.4 is 4.74 Å². The lowest BCUT2D eigenvalue weighted by Crippen LogP contribution is -2.28.